The zero-order chi connectivity index (χ0) is 17.8. The number of thioether (sulfide) groups is 1. The molecule has 6 nitrogen and oxygen atoms in total. The van der Waals surface area contributed by atoms with Crippen LogP contribution in [0.5, 0.6) is 5.75 Å². The van der Waals surface area contributed by atoms with E-state index >= 15 is 0 Å². The first-order chi connectivity index (χ1) is 12.1. The molecule has 0 radical (unpaired) electrons. The number of hydrogen-bond donors (Lipinski definition) is 1. The predicted molar refractivity (Wildman–Crippen MR) is 100 cm³/mol. The van der Waals surface area contributed by atoms with E-state index in [9.17, 15) is 9.59 Å². The van der Waals surface area contributed by atoms with E-state index in [1.54, 1.807) is 20.2 Å². The van der Waals surface area contributed by atoms with Crippen LogP contribution in [0.4, 0.5) is 0 Å². The molecule has 0 aliphatic rings. The molecule has 8 heteroatoms. The maximum atomic E-state index is 12.2. The summed E-state index contributed by atoms with van der Waals surface area (Å²) in [5.74, 6) is 0.833. The number of carbonyl (C=O) groups excluding carboxylic acids is 1. The van der Waals surface area contributed by atoms with Crippen LogP contribution < -0.4 is 15.6 Å². The predicted octanol–water partition coefficient (Wildman–Crippen LogP) is 2.41. The number of rotatable bonds is 6. The average Bonchev–Trinajstić information content (AvgIpc) is 3.10. The first-order valence-electron chi connectivity index (χ1n) is 7.55. The van der Waals surface area contributed by atoms with Crippen molar-refractivity contribution in [1.29, 1.82) is 0 Å². The summed E-state index contributed by atoms with van der Waals surface area (Å²) in [5.41, 5.74) is 0.869. The average molecular weight is 375 g/mol. The Labute approximate surface area is 152 Å². The molecule has 0 fully saturated rings. The lowest BCUT2D eigenvalue weighted by Crippen LogP contribution is -2.25. The number of aromatic nitrogens is 2. The van der Waals surface area contributed by atoms with Crippen molar-refractivity contribution in [3.05, 3.63) is 51.6 Å². The van der Waals surface area contributed by atoms with Crippen LogP contribution in [0.15, 0.2) is 45.7 Å². The zero-order valence-electron chi connectivity index (χ0n) is 13.8. The highest BCUT2D eigenvalue weighted by atomic mass is 32.2. The Bertz CT molecular complexity index is 965. The lowest BCUT2D eigenvalue weighted by Gasteiger charge is -2.08. The van der Waals surface area contributed by atoms with Crippen LogP contribution in [-0.4, -0.2) is 28.3 Å². The lowest BCUT2D eigenvalue weighted by molar-refractivity contribution is -0.118. The molecule has 0 spiro atoms. The number of ether oxygens (including phenoxy) is 1. The summed E-state index contributed by atoms with van der Waals surface area (Å²) in [7, 11) is 3.28. The molecule has 25 heavy (non-hydrogen) atoms. The van der Waals surface area contributed by atoms with Gasteiger partial charge in [0.15, 0.2) is 5.16 Å². The summed E-state index contributed by atoms with van der Waals surface area (Å²) in [5, 5.41) is 5.85. The highest BCUT2D eigenvalue weighted by Crippen LogP contribution is 2.20. The topological polar surface area (TPSA) is 73.2 Å². The van der Waals surface area contributed by atoms with E-state index in [1.165, 1.54) is 27.7 Å². The Morgan fingerprint density at radius 3 is 3.04 bits per heavy atom. The molecule has 3 aromatic rings. The van der Waals surface area contributed by atoms with Gasteiger partial charge >= 0.3 is 0 Å². The van der Waals surface area contributed by atoms with Crippen LogP contribution in [0.3, 0.4) is 0 Å². The molecule has 1 amide bonds. The Morgan fingerprint density at radius 2 is 2.24 bits per heavy atom. The Balaban J connectivity index is 1.60. The highest BCUT2D eigenvalue weighted by Gasteiger charge is 2.11. The third-order valence-corrected chi connectivity index (χ3v) is 5.46. The van der Waals surface area contributed by atoms with Crippen LogP contribution in [0.1, 0.15) is 5.56 Å². The van der Waals surface area contributed by atoms with Gasteiger partial charge in [0.1, 0.15) is 10.6 Å². The van der Waals surface area contributed by atoms with Crippen molar-refractivity contribution in [1.82, 2.24) is 14.9 Å². The fourth-order valence-electron chi connectivity index (χ4n) is 2.27. The van der Waals surface area contributed by atoms with Gasteiger partial charge in [-0.2, -0.15) is 0 Å². The van der Waals surface area contributed by atoms with Crippen molar-refractivity contribution in [2.45, 2.75) is 11.7 Å². The standard InChI is InChI=1S/C17H17N3O3S2/c1-20-16(22)13-6-7-24-15(13)19-17(20)25-10-14(21)18-9-11-4-3-5-12(8-11)23-2/h3-8H,9-10H2,1-2H3,(H,18,21). The molecule has 0 saturated heterocycles. The first kappa shape index (κ1) is 17.5. The maximum Gasteiger partial charge on any atom is 0.262 e. The molecule has 1 aromatic carbocycles. The van der Waals surface area contributed by atoms with E-state index in [0.29, 0.717) is 21.9 Å². The molecule has 0 saturated carbocycles. The largest absolute Gasteiger partial charge is 0.497 e. The third kappa shape index (κ3) is 4.02. The molecule has 0 aliphatic heterocycles. The minimum Gasteiger partial charge on any atom is -0.497 e. The van der Waals surface area contributed by atoms with Crippen LogP contribution in [-0.2, 0) is 18.4 Å². The van der Waals surface area contributed by atoms with Crippen molar-refractivity contribution in [3.63, 3.8) is 0 Å². The number of fused-ring (bicyclic) bond motifs is 1. The van der Waals surface area contributed by atoms with E-state index in [4.69, 9.17) is 4.74 Å². The summed E-state index contributed by atoms with van der Waals surface area (Å²) in [4.78, 5) is 29.5. The number of nitrogens with zero attached hydrogens (tertiary/aromatic N) is 2. The van der Waals surface area contributed by atoms with Crippen molar-refractivity contribution >= 4 is 39.2 Å². The minimum atomic E-state index is -0.117. The van der Waals surface area contributed by atoms with Gasteiger partial charge in [0, 0.05) is 13.6 Å². The molecular formula is C17H17N3O3S2. The summed E-state index contributed by atoms with van der Waals surface area (Å²) < 4.78 is 6.64. The minimum absolute atomic E-state index is 0.0921. The van der Waals surface area contributed by atoms with Gasteiger partial charge in [0.2, 0.25) is 5.91 Å². The summed E-state index contributed by atoms with van der Waals surface area (Å²) in [6.45, 7) is 0.424. The molecule has 2 aromatic heterocycles. The Hall–Kier alpha value is -2.32. The Kier molecular flexibility index (Phi) is 5.40. The molecule has 1 N–H and O–H groups in total. The normalized spacial score (nSPS) is 10.8. The van der Waals surface area contributed by atoms with Gasteiger partial charge in [-0.1, -0.05) is 23.9 Å². The van der Waals surface area contributed by atoms with Gasteiger partial charge in [0.05, 0.1) is 18.2 Å². The molecule has 0 aliphatic carbocycles. The summed E-state index contributed by atoms with van der Waals surface area (Å²) in [6, 6.07) is 9.30. The van der Waals surface area contributed by atoms with Gasteiger partial charge < -0.3 is 10.1 Å². The third-order valence-electron chi connectivity index (χ3n) is 3.62. The second kappa shape index (κ2) is 7.71. The highest BCUT2D eigenvalue weighted by molar-refractivity contribution is 7.99. The van der Waals surface area contributed by atoms with Crippen LogP contribution in [0.2, 0.25) is 0 Å². The SMILES string of the molecule is COc1cccc(CNC(=O)CSc2nc3sccc3c(=O)n2C)c1. The second-order valence-electron chi connectivity index (χ2n) is 5.31. The molecule has 3 rings (SSSR count). The molecule has 0 atom stereocenters. The van der Waals surface area contributed by atoms with E-state index in [0.717, 1.165) is 11.3 Å². The van der Waals surface area contributed by atoms with Crippen LogP contribution >= 0.6 is 23.1 Å². The first-order valence-corrected chi connectivity index (χ1v) is 9.41. The van der Waals surface area contributed by atoms with Crippen LogP contribution in [0, 0.1) is 0 Å². The van der Waals surface area contributed by atoms with Gasteiger partial charge in [0.25, 0.3) is 5.56 Å². The lowest BCUT2D eigenvalue weighted by atomic mass is 10.2. The monoisotopic (exact) mass is 375 g/mol. The van der Waals surface area contributed by atoms with Crippen molar-refractivity contribution < 1.29 is 9.53 Å². The van der Waals surface area contributed by atoms with Crippen molar-refractivity contribution in [2.24, 2.45) is 7.05 Å². The number of methoxy groups -OCH3 is 1. The number of hydrogen-bond acceptors (Lipinski definition) is 6. The number of amides is 1. The van der Waals surface area contributed by atoms with Gasteiger partial charge in [-0.25, -0.2) is 4.98 Å². The second-order valence-corrected chi connectivity index (χ2v) is 7.15. The number of thiophene rings is 1. The van der Waals surface area contributed by atoms with E-state index in [-0.39, 0.29) is 17.2 Å². The summed E-state index contributed by atoms with van der Waals surface area (Å²) in [6.07, 6.45) is 0. The van der Waals surface area contributed by atoms with E-state index in [2.05, 4.69) is 10.3 Å². The maximum absolute atomic E-state index is 12.2. The van der Waals surface area contributed by atoms with Gasteiger partial charge in [-0.3, -0.25) is 14.2 Å². The summed E-state index contributed by atoms with van der Waals surface area (Å²) >= 11 is 2.67. The fourth-order valence-corrected chi connectivity index (χ4v) is 3.88. The number of benzene rings is 1. The van der Waals surface area contributed by atoms with Crippen LogP contribution in [0.25, 0.3) is 10.2 Å². The molecular weight excluding hydrogens is 358 g/mol. The van der Waals surface area contributed by atoms with Crippen molar-refractivity contribution in [2.75, 3.05) is 12.9 Å². The number of carbonyl (C=O) groups is 1. The molecule has 0 unspecified atom stereocenters. The zero-order valence-corrected chi connectivity index (χ0v) is 15.4. The Morgan fingerprint density at radius 1 is 1.40 bits per heavy atom. The molecule has 0 bridgehead atoms. The van der Waals surface area contributed by atoms with Crippen molar-refractivity contribution in [3.8, 4) is 5.75 Å². The van der Waals surface area contributed by atoms with Gasteiger partial charge in [-0.05, 0) is 29.1 Å². The molecule has 2 heterocycles. The molecule has 130 valence electrons. The smallest absolute Gasteiger partial charge is 0.262 e. The van der Waals surface area contributed by atoms with E-state index < -0.39 is 0 Å². The number of nitrogens with one attached hydrogen (secondary N) is 1. The van der Waals surface area contributed by atoms with E-state index in [1.807, 2.05) is 29.6 Å². The fraction of sp³-hybridized carbons (Fsp3) is 0.235. The van der Waals surface area contributed by atoms with Gasteiger partial charge in [-0.15, -0.1) is 11.3 Å². The quantitative estimate of drug-likeness (QED) is 0.529.